The van der Waals surface area contributed by atoms with Crippen LogP contribution in [0.5, 0.6) is 11.5 Å². The number of phenols is 1. The molecule has 47 heavy (non-hydrogen) atoms. The number of carbonyl (C=O) groups excluding carboxylic acids is 1. The fraction of sp³-hybridized carbons (Fsp3) is 0.667. The van der Waals surface area contributed by atoms with Crippen LogP contribution in [0.15, 0.2) is 47.7 Å². The summed E-state index contributed by atoms with van der Waals surface area (Å²) in [4.78, 5) is 21.4. The summed E-state index contributed by atoms with van der Waals surface area (Å²) in [5.41, 5.74) is 2.56. The number of aromatic hydroxyl groups is 1. The number of aliphatic hydroxyl groups excluding tert-OH is 3. The predicted molar refractivity (Wildman–Crippen MR) is 176 cm³/mol. The minimum Gasteiger partial charge on any atom is -0.508 e. The standard InChI is InChI=1S/C36H52N2O9/c1-3-18-46-36-32(38(14-19-45-20-17-41)35(43)24-10-11-24)23-30(37-44-2)28-21-25(8-4-6-15-39)27(9-5-7-16-40)33(34(28)36)29-22-26(42)12-13-31(29)47-36/h3,12-13,21-22,24-25,27,32-34,39-42H,1,4-11,14-20,23H2,2H3. The third-order valence-electron chi connectivity index (χ3n) is 10.2. The SMILES string of the molecule is C=CCOC12Oc3ccc(O)cc3C3C(CCCCO)C(CCCCO)C=C(C(=NOC)CC1N(CCOCCO)C(=O)C1CC1)C32. The molecule has 6 unspecified atom stereocenters. The molecule has 3 aliphatic carbocycles. The predicted octanol–water partition coefficient (Wildman–Crippen LogP) is 3.90. The molecule has 1 amide bonds. The number of unbranched alkanes of at least 4 members (excludes halogenated alkanes) is 2. The van der Waals surface area contributed by atoms with Gasteiger partial charge in [-0.1, -0.05) is 30.1 Å². The number of rotatable bonds is 19. The molecule has 1 aromatic rings. The number of nitrogens with zero attached hydrogens (tertiary/aromatic N) is 2. The van der Waals surface area contributed by atoms with Gasteiger partial charge < -0.3 is 44.4 Å². The van der Waals surface area contributed by atoms with Crippen LogP contribution < -0.4 is 4.74 Å². The van der Waals surface area contributed by atoms with Gasteiger partial charge in [-0.3, -0.25) is 4.79 Å². The van der Waals surface area contributed by atoms with Gasteiger partial charge in [0.25, 0.3) is 0 Å². The number of aliphatic hydroxyl groups is 3. The van der Waals surface area contributed by atoms with Crippen molar-refractivity contribution in [2.45, 2.75) is 75.5 Å². The highest BCUT2D eigenvalue weighted by molar-refractivity contribution is 6.03. The lowest BCUT2D eigenvalue weighted by molar-refractivity contribution is -0.258. The van der Waals surface area contributed by atoms with Crippen molar-refractivity contribution in [1.29, 1.82) is 0 Å². The van der Waals surface area contributed by atoms with E-state index in [1.54, 1.807) is 24.3 Å². The fourth-order valence-corrected chi connectivity index (χ4v) is 8.08. The summed E-state index contributed by atoms with van der Waals surface area (Å²) in [5.74, 6) is -1.03. The molecule has 2 saturated carbocycles. The molecule has 0 aromatic heterocycles. The van der Waals surface area contributed by atoms with E-state index in [1.165, 1.54) is 7.11 Å². The Kier molecular flexibility index (Phi) is 12.4. The number of oxime groups is 1. The Morgan fingerprint density at radius 3 is 2.55 bits per heavy atom. The van der Waals surface area contributed by atoms with Crippen LogP contribution in [-0.2, 0) is 19.1 Å². The molecule has 0 bridgehead atoms. The van der Waals surface area contributed by atoms with Gasteiger partial charge in [-0.25, -0.2) is 0 Å². The van der Waals surface area contributed by atoms with Crippen LogP contribution in [0, 0.1) is 23.7 Å². The van der Waals surface area contributed by atoms with Gasteiger partial charge in [0.15, 0.2) is 0 Å². The van der Waals surface area contributed by atoms with E-state index >= 15 is 0 Å². The summed E-state index contributed by atoms with van der Waals surface area (Å²) in [6.45, 7) is 4.93. The summed E-state index contributed by atoms with van der Waals surface area (Å²) in [7, 11) is 1.52. The molecular weight excluding hydrogens is 604 g/mol. The monoisotopic (exact) mass is 656 g/mol. The summed E-state index contributed by atoms with van der Waals surface area (Å²) in [5, 5.41) is 44.0. The molecule has 2 fully saturated rings. The summed E-state index contributed by atoms with van der Waals surface area (Å²) in [6, 6.07) is 4.59. The van der Waals surface area contributed by atoms with E-state index < -0.39 is 17.7 Å². The molecule has 0 radical (unpaired) electrons. The Morgan fingerprint density at radius 2 is 1.87 bits per heavy atom. The molecule has 260 valence electrons. The molecule has 5 rings (SSSR count). The lowest BCUT2D eigenvalue weighted by Crippen LogP contribution is -2.70. The zero-order valence-corrected chi connectivity index (χ0v) is 27.6. The molecule has 0 spiro atoms. The molecule has 1 aromatic carbocycles. The highest BCUT2D eigenvalue weighted by Gasteiger charge is 2.65. The molecule has 1 heterocycles. The third kappa shape index (κ3) is 7.54. The first-order valence-corrected chi connectivity index (χ1v) is 17.2. The van der Waals surface area contributed by atoms with E-state index in [0.29, 0.717) is 25.0 Å². The van der Waals surface area contributed by atoms with Gasteiger partial charge in [0.05, 0.1) is 38.1 Å². The number of benzene rings is 1. The average molecular weight is 657 g/mol. The number of allylic oxidation sites excluding steroid dienone is 1. The lowest BCUT2D eigenvalue weighted by Gasteiger charge is -2.60. The van der Waals surface area contributed by atoms with Crippen LogP contribution >= 0.6 is 0 Å². The van der Waals surface area contributed by atoms with Crippen molar-refractivity contribution in [2.24, 2.45) is 28.8 Å². The Labute approximate surface area is 277 Å². The number of amides is 1. The van der Waals surface area contributed by atoms with E-state index in [0.717, 1.165) is 55.4 Å². The van der Waals surface area contributed by atoms with E-state index in [9.17, 15) is 25.2 Å². The molecule has 6 atom stereocenters. The maximum Gasteiger partial charge on any atom is 0.239 e. The van der Waals surface area contributed by atoms with Gasteiger partial charge >= 0.3 is 0 Å². The zero-order valence-electron chi connectivity index (χ0n) is 27.6. The minimum absolute atomic E-state index is 0.0159. The van der Waals surface area contributed by atoms with Gasteiger partial charge in [0, 0.05) is 43.6 Å². The fourth-order valence-electron chi connectivity index (χ4n) is 8.08. The van der Waals surface area contributed by atoms with Gasteiger partial charge in [0.1, 0.15) is 24.7 Å². The molecule has 11 nitrogen and oxygen atoms in total. The van der Waals surface area contributed by atoms with Crippen molar-refractivity contribution < 1.29 is 44.3 Å². The number of ether oxygens (including phenoxy) is 3. The number of fused-ring (bicyclic) bond motifs is 2. The maximum atomic E-state index is 14.1. The first kappa shape index (κ1) is 35.3. The van der Waals surface area contributed by atoms with Gasteiger partial charge in [-0.05, 0) is 74.1 Å². The highest BCUT2D eigenvalue weighted by atomic mass is 16.7. The number of phenolic OH excluding ortho intramolecular Hbond substituents is 1. The second-order valence-corrected chi connectivity index (χ2v) is 13.1. The minimum atomic E-state index is -1.33. The molecular formula is C36H52N2O9. The van der Waals surface area contributed by atoms with Crippen molar-refractivity contribution in [3.63, 3.8) is 0 Å². The molecule has 1 aliphatic heterocycles. The van der Waals surface area contributed by atoms with Crippen molar-refractivity contribution >= 4 is 11.6 Å². The van der Waals surface area contributed by atoms with Crippen molar-refractivity contribution in [3.8, 4) is 11.5 Å². The quantitative estimate of drug-likeness (QED) is 0.0988. The van der Waals surface area contributed by atoms with Crippen molar-refractivity contribution in [2.75, 3.05) is 53.3 Å². The number of hydrogen-bond donors (Lipinski definition) is 4. The van der Waals surface area contributed by atoms with E-state index in [2.05, 4.69) is 17.8 Å². The first-order chi connectivity index (χ1) is 22.9. The van der Waals surface area contributed by atoms with Crippen molar-refractivity contribution in [1.82, 2.24) is 4.90 Å². The second-order valence-electron chi connectivity index (χ2n) is 13.1. The van der Waals surface area contributed by atoms with Crippen LogP contribution in [0.1, 0.15) is 69.3 Å². The molecule has 11 heteroatoms. The Balaban J connectivity index is 1.71. The van der Waals surface area contributed by atoms with Gasteiger partial charge in [-0.15, -0.1) is 6.58 Å². The van der Waals surface area contributed by atoms with E-state index in [-0.39, 0.29) is 81.5 Å². The zero-order chi connectivity index (χ0) is 33.4. The highest BCUT2D eigenvalue weighted by Crippen LogP contribution is 2.62. The van der Waals surface area contributed by atoms with Crippen LogP contribution in [0.2, 0.25) is 0 Å². The Morgan fingerprint density at radius 1 is 1.11 bits per heavy atom. The number of hydrogen-bond acceptors (Lipinski definition) is 10. The van der Waals surface area contributed by atoms with Gasteiger partial charge in [-0.2, -0.15) is 0 Å². The van der Waals surface area contributed by atoms with Crippen molar-refractivity contribution in [3.05, 3.63) is 48.1 Å². The Bertz CT molecular complexity index is 1280. The summed E-state index contributed by atoms with van der Waals surface area (Å²) < 4.78 is 19.6. The third-order valence-corrected chi connectivity index (χ3v) is 10.2. The average Bonchev–Trinajstić information content (AvgIpc) is 3.92. The maximum absolute atomic E-state index is 14.1. The van der Waals surface area contributed by atoms with Crippen LogP contribution in [0.25, 0.3) is 0 Å². The van der Waals surface area contributed by atoms with Gasteiger partial charge in [0.2, 0.25) is 11.7 Å². The molecule has 4 aliphatic rings. The topological polar surface area (TPSA) is 151 Å². The van der Waals surface area contributed by atoms with Crippen LogP contribution in [0.3, 0.4) is 0 Å². The smallest absolute Gasteiger partial charge is 0.239 e. The summed E-state index contributed by atoms with van der Waals surface area (Å²) in [6.07, 6.45) is 10.6. The Hall–Kier alpha value is -2.96. The van der Waals surface area contributed by atoms with Crippen LogP contribution in [0.4, 0.5) is 0 Å². The lowest BCUT2D eigenvalue weighted by atomic mass is 9.55. The van der Waals surface area contributed by atoms with E-state index in [4.69, 9.17) is 19.0 Å². The largest absolute Gasteiger partial charge is 0.508 e. The molecule has 4 N–H and O–H groups in total. The van der Waals surface area contributed by atoms with Crippen LogP contribution in [-0.4, -0.2) is 102 Å². The first-order valence-electron chi connectivity index (χ1n) is 17.2. The second kappa shape index (κ2) is 16.4. The normalized spacial score (nSPS) is 28.6. The van der Waals surface area contributed by atoms with E-state index in [1.807, 2.05) is 4.90 Å². The summed E-state index contributed by atoms with van der Waals surface area (Å²) >= 11 is 0. The molecule has 0 saturated heterocycles. The number of carbonyl (C=O) groups is 1.